The molecule has 0 atom stereocenters. The van der Waals surface area contributed by atoms with Crippen LogP contribution >= 0.6 is 0 Å². The van der Waals surface area contributed by atoms with Gasteiger partial charge in [-0.15, -0.1) is 0 Å². The zero-order chi connectivity index (χ0) is 41.7. The molecule has 1 heterocycles. The molecular formula is C61H41NO. The number of benzene rings is 10. The Morgan fingerprint density at radius 1 is 0.349 bits per heavy atom. The van der Waals surface area contributed by atoms with E-state index in [1.54, 1.807) is 0 Å². The minimum atomic E-state index is -0.566. The third kappa shape index (κ3) is 6.02. The predicted molar refractivity (Wildman–Crippen MR) is 262 cm³/mol. The molecule has 1 aromatic heterocycles. The van der Waals surface area contributed by atoms with Crippen LogP contribution in [-0.4, -0.2) is 0 Å². The highest BCUT2D eigenvalue weighted by Gasteiger charge is 2.50. The van der Waals surface area contributed by atoms with Gasteiger partial charge in [0.2, 0.25) is 0 Å². The van der Waals surface area contributed by atoms with Crippen molar-refractivity contribution < 1.29 is 4.42 Å². The summed E-state index contributed by atoms with van der Waals surface area (Å²) in [5.74, 6) is 0.942. The summed E-state index contributed by atoms with van der Waals surface area (Å²) >= 11 is 0. The number of anilines is 3. The fraction of sp³-hybridized carbons (Fsp3) is 0.0164. The van der Waals surface area contributed by atoms with Gasteiger partial charge in [0, 0.05) is 33.6 Å². The normalized spacial score (nSPS) is 12.6. The lowest BCUT2D eigenvalue weighted by Crippen LogP contribution is -2.28. The van der Waals surface area contributed by atoms with Crippen LogP contribution in [0.5, 0.6) is 0 Å². The van der Waals surface area contributed by atoms with Crippen molar-refractivity contribution in [3.63, 3.8) is 0 Å². The third-order valence-electron chi connectivity index (χ3n) is 12.9. The minimum Gasteiger partial charge on any atom is -0.456 e. The fourth-order valence-electron chi connectivity index (χ4n) is 10.1. The molecule has 0 unspecified atom stereocenters. The summed E-state index contributed by atoms with van der Waals surface area (Å²) in [5.41, 5.74) is 16.8. The van der Waals surface area contributed by atoms with Crippen LogP contribution < -0.4 is 4.90 Å². The number of rotatable bonds is 8. The van der Waals surface area contributed by atoms with Gasteiger partial charge in [0.1, 0.15) is 11.3 Å². The van der Waals surface area contributed by atoms with Gasteiger partial charge in [-0.1, -0.05) is 200 Å². The zero-order valence-electron chi connectivity index (χ0n) is 34.5. The van der Waals surface area contributed by atoms with Crippen molar-refractivity contribution in [1.82, 2.24) is 0 Å². The fourth-order valence-corrected chi connectivity index (χ4v) is 10.1. The Bertz CT molecular complexity index is 3290. The summed E-state index contributed by atoms with van der Waals surface area (Å²) < 4.78 is 6.97. The SMILES string of the molecule is c1ccc(-c2ccc(N(c3ccc(-c4ccccc4)cc3)c3ccc4cc(-c5cccc6c5-c5oc7ccccc7c5C6(c5ccccc5)c5ccccc5)ccc4c3)cc2)cc1. The summed E-state index contributed by atoms with van der Waals surface area (Å²) in [6.45, 7) is 0. The molecule has 296 valence electrons. The van der Waals surface area contributed by atoms with Crippen molar-refractivity contribution in [2.24, 2.45) is 0 Å². The molecule has 1 aliphatic carbocycles. The van der Waals surface area contributed by atoms with Gasteiger partial charge in [-0.3, -0.25) is 0 Å². The minimum absolute atomic E-state index is 0.566. The van der Waals surface area contributed by atoms with Crippen molar-refractivity contribution in [1.29, 1.82) is 0 Å². The van der Waals surface area contributed by atoms with E-state index in [0.717, 1.165) is 50.5 Å². The third-order valence-corrected chi connectivity index (χ3v) is 12.9. The van der Waals surface area contributed by atoms with E-state index in [1.807, 2.05) is 0 Å². The largest absolute Gasteiger partial charge is 0.456 e. The average Bonchev–Trinajstić information content (AvgIpc) is 3.89. The average molecular weight is 804 g/mol. The Balaban J connectivity index is 0.992. The van der Waals surface area contributed by atoms with Gasteiger partial charge < -0.3 is 9.32 Å². The second kappa shape index (κ2) is 15.1. The summed E-state index contributed by atoms with van der Waals surface area (Å²) in [6, 6.07) is 89.9. The first-order chi connectivity index (χ1) is 31.2. The molecule has 0 aliphatic heterocycles. The first-order valence-corrected chi connectivity index (χ1v) is 21.7. The van der Waals surface area contributed by atoms with Gasteiger partial charge in [0.05, 0.1) is 5.41 Å². The smallest absolute Gasteiger partial charge is 0.141 e. The predicted octanol–water partition coefficient (Wildman–Crippen LogP) is 16.4. The Morgan fingerprint density at radius 3 is 1.43 bits per heavy atom. The van der Waals surface area contributed by atoms with E-state index in [-0.39, 0.29) is 0 Å². The van der Waals surface area contributed by atoms with Crippen LogP contribution in [0.1, 0.15) is 22.3 Å². The number of hydrogen-bond donors (Lipinski definition) is 0. The van der Waals surface area contributed by atoms with Crippen LogP contribution in [0.3, 0.4) is 0 Å². The molecule has 0 radical (unpaired) electrons. The van der Waals surface area contributed by atoms with Gasteiger partial charge in [-0.2, -0.15) is 0 Å². The Hall–Kier alpha value is -8.20. The number of fused-ring (bicyclic) bond motifs is 6. The zero-order valence-corrected chi connectivity index (χ0v) is 34.5. The molecule has 0 N–H and O–H groups in total. The van der Waals surface area contributed by atoms with Gasteiger partial charge in [0.25, 0.3) is 0 Å². The molecule has 0 bridgehead atoms. The second-order valence-corrected chi connectivity index (χ2v) is 16.4. The second-order valence-electron chi connectivity index (χ2n) is 16.4. The maximum atomic E-state index is 6.97. The lowest BCUT2D eigenvalue weighted by Gasteiger charge is -2.33. The number of nitrogens with zero attached hydrogens (tertiary/aromatic N) is 1. The molecule has 0 amide bonds. The highest BCUT2D eigenvalue weighted by molar-refractivity contribution is 6.03. The number of hydrogen-bond acceptors (Lipinski definition) is 2. The topological polar surface area (TPSA) is 16.4 Å². The molecule has 0 saturated heterocycles. The van der Waals surface area contributed by atoms with E-state index in [0.29, 0.717) is 0 Å². The molecule has 0 saturated carbocycles. The molecule has 11 aromatic rings. The summed E-state index contributed by atoms with van der Waals surface area (Å²) in [7, 11) is 0. The Kier molecular flexibility index (Phi) is 8.76. The lowest BCUT2D eigenvalue weighted by molar-refractivity contribution is 0.628. The molecule has 2 nitrogen and oxygen atoms in total. The van der Waals surface area contributed by atoms with Crippen molar-refractivity contribution in [3.8, 4) is 44.7 Å². The van der Waals surface area contributed by atoms with Gasteiger partial charge in [0.15, 0.2) is 0 Å². The summed E-state index contributed by atoms with van der Waals surface area (Å²) in [5, 5.41) is 3.48. The first-order valence-electron chi connectivity index (χ1n) is 21.7. The Labute approximate surface area is 367 Å². The first kappa shape index (κ1) is 36.6. The molecule has 2 heteroatoms. The molecule has 12 rings (SSSR count). The highest BCUT2D eigenvalue weighted by Crippen LogP contribution is 2.61. The van der Waals surface area contributed by atoms with E-state index < -0.39 is 5.41 Å². The van der Waals surface area contributed by atoms with E-state index in [4.69, 9.17) is 4.42 Å². The lowest BCUT2D eigenvalue weighted by atomic mass is 9.67. The summed E-state index contributed by atoms with van der Waals surface area (Å²) in [6.07, 6.45) is 0. The van der Waals surface area contributed by atoms with Crippen LogP contribution in [0, 0.1) is 0 Å². The Morgan fingerprint density at radius 2 is 0.825 bits per heavy atom. The van der Waals surface area contributed by atoms with E-state index in [2.05, 4.69) is 254 Å². The van der Waals surface area contributed by atoms with Crippen LogP contribution in [-0.2, 0) is 5.41 Å². The maximum Gasteiger partial charge on any atom is 0.141 e. The van der Waals surface area contributed by atoms with Crippen LogP contribution in [0.15, 0.2) is 253 Å². The van der Waals surface area contributed by atoms with E-state index in [1.165, 1.54) is 55.3 Å². The van der Waals surface area contributed by atoms with Crippen LogP contribution in [0.4, 0.5) is 17.1 Å². The van der Waals surface area contributed by atoms with Gasteiger partial charge >= 0.3 is 0 Å². The van der Waals surface area contributed by atoms with Crippen molar-refractivity contribution in [3.05, 3.63) is 271 Å². The molecule has 0 spiro atoms. The highest BCUT2D eigenvalue weighted by atomic mass is 16.3. The van der Waals surface area contributed by atoms with Gasteiger partial charge in [-0.05, 0) is 109 Å². The molecule has 1 aliphatic rings. The van der Waals surface area contributed by atoms with Crippen molar-refractivity contribution >= 4 is 38.8 Å². The quantitative estimate of drug-likeness (QED) is 0.152. The standard InChI is InChI=1S/C61H41NO/c1-5-16-42(17-6-1)44-30-35-51(36-31-44)62(52-37-32-45(33-38-52)43-18-7-2-8-19-43)53-39-34-46-40-48(29-28-47(46)41-53)54-25-15-26-56-58(54)60-59(55-24-13-14-27-57(55)63-60)61(56,49-20-9-3-10-21-49)50-22-11-4-12-23-50/h1-41H. The maximum absolute atomic E-state index is 6.97. The number of furan rings is 1. The van der Waals surface area contributed by atoms with E-state index >= 15 is 0 Å². The van der Waals surface area contributed by atoms with Crippen LogP contribution in [0.2, 0.25) is 0 Å². The number of para-hydroxylation sites is 1. The van der Waals surface area contributed by atoms with E-state index in [9.17, 15) is 0 Å². The van der Waals surface area contributed by atoms with Crippen LogP contribution in [0.25, 0.3) is 66.4 Å². The molecule has 63 heavy (non-hydrogen) atoms. The summed E-state index contributed by atoms with van der Waals surface area (Å²) in [4.78, 5) is 2.36. The van der Waals surface area contributed by atoms with Gasteiger partial charge in [-0.25, -0.2) is 0 Å². The van der Waals surface area contributed by atoms with Crippen molar-refractivity contribution in [2.75, 3.05) is 4.90 Å². The molecule has 0 fully saturated rings. The molecular weight excluding hydrogens is 763 g/mol. The molecule has 10 aromatic carbocycles. The van der Waals surface area contributed by atoms with Crippen molar-refractivity contribution in [2.45, 2.75) is 5.41 Å². The monoisotopic (exact) mass is 803 g/mol.